The van der Waals surface area contributed by atoms with Crippen molar-refractivity contribution in [2.45, 2.75) is 58.0 Å². The molecule has 2 amide bonds. The van der Waals surface area contributed by atoms with E-state index in [4.69, 9.17) is 0 Å². The van der Waals surface area contributed by atoms with Gasteiger partial charge in [0.05, 0.1) is 6.04 Å². The van der Waals surface area contributed by atoms with Crippen molar-refractivity contribution >= 4 is 17.7 Å². The highest BCUT2D eigenvalue weighted by atomic mass is 19.1. The fraction of sp³-hybridized carbons (Fsp3) is 0.591. The maximum atomic E-state index is 14.1. The monoisotopic (exact) mass is 432 g/mol. The normalized spacial score (nSPS) is 20.5. The molecule has 0 spiro atoms. The van der Waals surface area contributed by atoms with Crippen molar-refractivity contribution in [3.8, 4) is 6.19 Å². The maximum absolute atomic E-state index is 14.1. The molecule has 1 aliphatic carbocycles. The van der Waals surface area contributed by atoms with Gasteiger partial charge < -0.3 is 15.1 Å². The van der Waals surface area contributed by atoms with Crippen LogP contribution >= 0.6 is 0 Å². The zero-order valence-corrected chi connectivity index (χ0v) is 18.1. The van der Waals surface area contributed by atoms with Crippen LogP contribution in [0.2, 0.25) is 0 Å². The van der Waals surface area contributed by atoms with Crippen molar-refractivity contribution in [2.24, 2.45) is 10.9 Å². The summed E-state index contributed by atoms with van der Waals surface area (Å²) in [5, 5.41) is 14.9. The maximum Gasteiger partial charge on any atom is 0.317 e. The second kappa shape index (κ2) is 10.4. The van der Waals surface area contributed by atoms with E-state index in [2.05, 4.69) is 15.6 Å². The van der Waals surface area contributed by atoms with Crippen molar-refractivity contribution < 1.29 is 13.6 Å². The number of piperazine rings is 1. The average Bonchev–Trinajstić information content (AvgIpc) is 2.76. The van der Waals surface area contributed by atoms with Gasteiger partial charge in [0.1, 0.15) is 17.3 Å². The summed E-state index contributed by atoms with van der Waals surface area (Å²) in [4.78, 5) is 20.7. The second-order valence-electron chi connectivity index (χ2n) is 8.50. The van der Waals surface area contributed by atoms with E-state index < -0.39 is 11.6 Å². The Hall–Kier alpha value is -2.89. The van der Waals surface area contributed by atoms with Crippen LogP contribution in [0.15, 0.2) is 23.2 Å². The molecule has 1 aromatic carbocycles. The fourth-order valence-electron chi connectivity index (χ4n) is 4.24. The minimum atomic E-state index is -0.676. The predicted molar refractivity (Wildman–Crippen MR) is 115 cm³/mol. The van der Waals surface area contributed by atoms with Gasteiger partial charge in [-0.05, 0) is 30.9 Å². The smallest absolute Gasteiger partial charge is 0.317 e. The molecule has 2 N–H and O–H groups in total. The third-order valence-electron chi connectivity index (χ3n) is 5.98. The predicted octanol–water partition coefficient (Wildman–Crippen LogP) is 3.71. The Balaban J connectivity index is 1.77. The fourth-order valence-corrected chi connectivity index (χ4v) is 4.24. The molecule has 0 bridgehead atoms. The molecule has 1 saturated carbocycles. The van der Waals surface area contributed by atoms with Gasteiger partial charge in [-0.1, -0.05) is 33.1 Å². The van der Waals surface area contributed by atoms with Crippen molar-refractivity contribution in [2.75, 3.05) is 19.6 Å². The van der Waals surface area contributed by atoms with Gasteiger partial charge in [-0.3, -0.25) is 5.32 Å². The SMILES string of the molecule is CC(C)C1CN(C(=O)NC2CCCCC2)CCN1C(=Nc1cc(F)ccc1F)NC#N. The molecule has 1 saturated heterocycles. The van der Waals surface area contributed by atoms with E-state index in [1.165, 1.54) is 6.42 Å². The third kappa shape index (κ3) is 5.84. The Kier molecular flexibility index (Phi) is 7.66. The van der Waals surface area contributed by atoms with E-state index in [1.54, 1.807) is 4.90 Å². The summed E-state index contributed by atoms with van der Waals surface area (Å²) < 4.78 is 27.7. The molecule has 0 aromatic heterocycles. The lowest BCUT2D eigenvalue weighted by molar-refractivity contribution is 0.109. The molecule has 0 radical (unpaired) electrons. The summed E-state index contributed by atoms with van der Waals surface area (Å²) in [6.45, 7) is 5.36. The van der Waals surface area contributed by atoms with Crippen LogP contribution in [0.3, 0.4) is 0 Å². The number of nitrogens with one attached hydrogen (secondary N) is 2. The number of urea groups is 1. The molecule has 3 rings (SSSR count). The highest BCUT2D eigenvalue weighted by Gasteiger charge is 2.34. The van der Waals surface area contributed by atoms with Crippen LogP contribution < -0.4 is 10.6 Å². The van der Waals surface area contributed by atoms with Crippen LogP contribution in [0.1, 0.15) is 46.0 Å². The second-order valence-corrected chi connectivity index (χ2v) is 8.50. The number of hydrogen-bond acceptors (Lipinski definition) is 3. The Morgan fingerprint density at radius 1 is 1.23 bits per heavy atom. The third-order valence-corrected chi connectivity index (χ3v) is 5.98. The van der Waals surface area contributed by atoms with Crippen molar-refractivity contribution in [3.05, 3.63) is 29.8 Å². The molecule has 2 fully saturated rings. The quantitative estimate of drug-likeness (QED) is 0.330. The summed E-state index contributed by atoms with van der Waals surface area (Å²) in [7, 11) is 0. The number of halogens is 2. The number of carbonyl (C=O) groups excluding carboxylic acids is 1. The summed E-state index contributed by atoms with van der Waals surface area (Å²) in [5.74, 6) is -1.00. The van der Waals surface area contributed by atoms with E-state index in [0.717, 1.165) is 43.9 Å². The lowest BCUT2D eigenvalue weighted by Gasteiger charge is -2.44. The number of carbonyl (C=O) groups is 1. The number of nitrogens with zero attached hydrogens (tertiary/aromatic N) is 4. The first-order valence-electron chi connectivity index (χ1n) is 10.9. The van der Waals surface area contributed by atoms with E-state index in [-0.39, 0.29) is 35.7 Å². The molecule has 1 aromatic rings. The summed E-state index contributed by atoms with van der Waals surface area (Å²) in [6.07, 6.45) is 7.37. The molecule has 1 atom stereocenters. The Morgan fingerprint density at radius 2 is 1.97 bits per heavy atom. The van der Waals surface area contributed by atoms with E-state index >= 15 is 0 Å². The van der Waals surface area contributed by atoms with Gasteiger partial charge in [0.2, 0.25) is 5.96 Å². The van der Waals surface area contributed by atoms with Crippen LogP contribution in [-0.2, 0) is 0 Å². The van der Waals surface area contributed by atoms with Crippen molar-refractivity contribution in [1.82, 2.24) is 20.4 Å². The Labute approximate surface area is 182 Å². The zero-order valence-electron chi connectivity index (χ0n) is 18.1. The van der Waals surface area contributed by atoms with Crippen molar-refractivity contribution in [1.29, 1.82) is 5.26 Å². The molecular formula is C22H30F2N6O. The van der Waals surface area contributed by atoms with Gasteiger partial charge in [0.15, 0.2) is 6.19 Å². The van der Waals surface area contributed by atoms with Gasteiger partial charge in [0.25, 0.3) is 0 Å². The standard InChI is InChI=1S/C22H30F2N6O/c1-15(2)20-13-29(22(31)27-17-6-4-3-5-7-17)10-11-30(20)21(26-14-25)28-19-12-16(23)8-9-18(19)24/h8-9,12,15,17,20H,3-7,10-11,13H2,1-2H3,(H,26,28)(H,27,31). The van der Waals surface area contributed by atoms with Gasteiger partial charge in [-0.15, -0.1) is 0 Å². The van der Waals surface area contributed by atoms with Gasteiger partial charge in [0, 0.05) is 31.7 Å². The largest absolute Gasteiger partial charge is 0.335 e. The van der Waals surface area contributed by atoms with Crippen LogP contribution in [0.4, 0.5) is 19.3 Å². The molecule has 1 aliphatic heterocycles. The van der Waals surface area contributed by atoms with Gasteiger partial charge in [-0.2, -0.15) is 5.26 Å². The molecule has 7 nitrogen and oxygen atoms in total. The molecule has 168 valence electrons. The number of hydrogen-bond donors (Lipinski definition) is 2. The van der Waals surface area contributed by atoms with Crippen LogP contribution in [0.25, 0.3) is 0 Å². The number of rotatable bonds is 3. The Bertz CT molecular complexity index is 847. The highest BCUT2D eigenvalue weighted by molar-refractivity contribution is 5.85. The van der Waals surface area contributed by atoms with E-state index in [0.29, 0.717) is 19.6 Å². The lowest BCUT2D eigenvalue weighted by Crippen LogP contribution is -2.62. The number of guanidine groups is 1. The first-order chi connectivity index (χ1) is 14.9. The first kappa shape index (κ1) is 22.8. The number of benzene rings is 1. The topological polar surface area (TPSA) is 83.8 Å². The Morgan fingerprint density at radius 3 is 2.65 bits per heavy atom. The van der Waals surface area contributed by atoms with E-state index in [9.17, 15) is 18.8 Å². The molecule has 31 heavy (non-hydrogen) atoms. The average molecular weight is 433 g/mol. The molecule has 1 unspecified atom stereocenters. The van der Waals surface area contributed by atoms with Crippen LogP contribution in [0, 0.1) is 29.0 Å². The highest BCUT2D eigenvalue weighted by Crippen LogP contribution is 2.23. The minimum Gasteiger partial charge on any atom is -0.335 e. The van der Waals surface area contributed by atoms with Crippen LogP contribution in [0.5, 0.6) is 0 Å². The molecule has 9 heteroatoms. The number of nitriles is 1. The summed E-state index contributed by atoms with van der Waals surface area (Å²) in [5.41, 5.74) is -0.183. The zero-order chi connectivity index (χ0) is 22.4. The number of amides is 2. The van der Waals surface area contributed by atoms with Crippen molar-refractivity contribution in [3.63, 3.8) is 0 Å². The minimum absolute atomic E-state index is 0.0693. The first-order valence-corrected chi connectivity index (χ1v) is 10.9. The summed E-state index contributed by atoms with van der Waals surface area (Å²) >= 11 is 0. The molecule has 2 aliphatic rings. The van der Waals surface area contributed by atoms with Crippen LogP contribution in [-0.4, -0.2) is 53.5 Å². The summed E-state index contributed by atoms with van der Waals surface area (Å²) in [6, 6.07) is 3.04. The molecule has 1 heterocycles. The van der Waals surface area contributed by atoms with Gasteiger partial charge in [-0.25, -0.2) is 18.6 Å². The van der Waals surface area contributed by atoms with E-state index in [1.807, 2.05) is 24.9 Å². The number of aliphatic imine (C=N–C) groups is 1. The van der Waals surface area contributed by atoms with Gasteiger partial charge >= 0.3 is 6.03 Å². The molecular weight excluding hydrogens is 402 g/mol. The lowest BCUT2D eigenvalue weighted by atomic mass is 9.95.